The quantitative estimate of drug-likeness (QED) is 0.738. The van der Waals surface area contributed by atoms with Gasteiger partial charge in [0.1, 0.15) is 18.4 Å². The van der Waals surface area contributed by atoms with Gasteiger partial charge in [-0.2, -0.15) is 0 Å². The highest BCUT2D eigenvalue weighted by atomic mass is 16.1. The van der Waals surface area contributed by atoms with Crippen molar-refractivity contribution in [2.45, 2.75) is 26.3 Å². The van der Waals surface area contributed by atoms with Gasteiger partial charge in [0, 0.05) is 24.9 Å². The number of benzene rings is 1. The molecule has 0 aliphatic heterocycles. The predicted molar refractivity (Wildman–Crippen MR) is 65.2 cm³/mol. The van der Waals surface area contributed by atoms with Crippen LogP contribution in [0.3, 0.4) is 0 Å². The van der Waals surface area contributed by atoms with Crippen LogP contribution in [0.4, 0.5) is 0 Å². The number of fused-ring (bicyclic) bond motifs is 1. The highest BCUT2D eigenvalue weighted by molar-refractivity contribution is 5.85. The molecule has 0 saturated carbocycles. The molecule has 0 atom stereocenters. The Bertz CT molecular complexity index is 558. The highest BCUT2D eigenvalue weighted by Crippen LogP contribution is 2.18. The lowest BCUT2D eigenvalue weighted by Crippen LogP contribution is -2.02. The second-order valence-corrected chi connectivity index (χ2v) is 3.84. The summed E-state index contributed by atoms with van der Waals surface area (Å²) in [5, 5.41) is 0. The molecule has 2 rings (SSSR count). The van der Waals surface area contributed by atoms with Crippen molar-refractivity contribution in [3.05, 3.63) is 29.6 Å². The summed E-state index contributed by atoms with van der Waals surface area (Å²) >= 11 is 0. The van der Waals surface area contributed by atoms with Crippen molar-refractivity contribution in [1.29, 1.82) is 0 Å². The number of hydrogen-bond donors (Lipinski definition) is 0. The lowest BCUT2D eigenvalue weighted by Gasteiger charge is -2.04. The molecule has 17 heavy (non-hydrogen) atoms. The molecule has 1 heterocycles. The van der Waals surface area contributed by atoms with Crippen molar-refractivity contribution in [1.82, 2.24) is 9.55 Å². The highest BCUT2D eigenvalue weighted by Gasteiger charge is 2.09. The van der Waals surface area contributed by atoms with Gasteiger partial charge in [-0.15, -0.1) is 0 Å². The normalized spacial score (nSPS) is 10.6. The Morgan fingerprint density at radius 2 is 2.18 bits per heavy atom. The molecule has 0 aliphatic rings. The molecule has 0 bridgehead atoms. The zero-order valence-electron chi connectivity index (χ0n) is 9.72. The van der Waals surface area contributed by atoms with Gasteiger partial charge in [0.15, 0.2) is 0 Å². The smallest absolute Gasteiger partial charge is 0.150 e. The number of hydrogen-bond acceptors (Lipinski definition) is 3. The topological polar surface area (TPSA) is 52.0 Å². The predicted octanol–water partition coefficient (Wildman–Crippen LogP) is 2.00. The summed E-state index contributed by atoms with van der Waals surface area (Å²) in [6, 6.07) is 5.44. The van der Waals surface area contributed by atoms with E-state index in [0.717, 1.165) is 36.0 Å². The number of aromatic nitrogens is 2. The molecule has 0 saturated heterocycles. The number of nitrogens with zero attached hydrogens (tertiary/aromatic N) is 2. The van der Waals surface area contributed by atoms with Crippen molar-refractivity contribution >= 4 is 23.6 Å². The van der Waals surface area contributed by atoms with E-state index in [1.807, 2.05) is 23.6 Å². The fourth-order valence-electron chi connectivity index (χ4n) is 1.99. The summed E-state index contributed by atoms with van der Waals surface area (Å²) in [7, 11) is 0. The van der Waals surface area contributed by atoms with E-state index in [0.29, 0.717) is 18.4 Å². The number of aryl methyl sites for hydroxylation is 2. The van der Waals surface area contributed by atoms with E-state index in [-0.39, 0.29) is 0 Å². The van der Waals surface area contributed by atoms with Gasteiger partial charge in [-0.05, 0) is 25.1 Å². The van der Waals surface area contributed by atoms with E-state index in [1.165, 1.54) is 0 Å². The van der Waals surface area contributed by atoms with E-state index in [9.17, 15) is 9.59 Å². The number of aldehydes is 2. The summed E-state index contributed by atoms with van der Waals surface area (Å²) in [6.07, 6.45) is 2.85. The second-order valence-electron chi connectivity index (χ2n) is 3.84. The largest absolute Gasteiger partial charge is 0.328 e. The monoisotopic (exact) mass is 230 g/mol. The van der Waals surface area contributed by atoms with E-state index in [1.54, 1.807) is 6.07 Å². The molecule has 2 aromatic rings. The minimum Gasteiger partial charge on any atom is -0.328 e. The van der Waals surface area contributed by atoms with Gasteiger partial charge < -0.3 is 9.36 Å². The number of carbonyl (C=O) groups is 2. The Morgan fingerprint density at radius 3 is 2.82 bits per heavy atom. The molecular formula is C13H14N2O2. The maximum atomic E-state index is 10.8. The molecule has 4 nitrogen and oxygen atoms in total. The van der Waals surface area contributed by atoms with E-state index in [2.05, 4.69) is 4.98 Å². The van der Waals surface area contributed by atoms with Crippen LogP contribution in [0.15, 0.2) is 18.2 Å². The third-order valence-corrected chi connectivity index (χ3v) is 2.79. The Hall–Kier alpha value is -1.97. The van der Waals surface area contributed by atoms with Crippen LogP contribution in [0, 0.1) is 0 Å². The van der Waals surface area contributed by atoms with Crippen LogP contribution in [0.1, 0.15) is 29.5 Å². The molecule has 0 N–H and O–H groups in total. The molecule has 0 unspecified atom stereocenters. The molecule has 0 fully saturated rings. The van der Waals surface area contributed by atoms with Crippen molar-refractivity contribution in [3.63, 3.8) is 0 Å². The van der Waals surface area contributed by atoms with Gasteiger partial charge in [-0.25, -0.2) is 4.98 Å². The zero-order valence-corrected chi connectivity index (χ0v) is 9.72. The summed E-state index contributed by atoms with van der Waals surface area (Å²) < 4.78 is 2.05. The summed E-state index contributed by atoms with van der Waals surface area (Å²) in [4.78, 5) is 25.6. The molecule has 0 radical (unpaired) electrons. The second kappa shape index (κ2) is 4.91. The van der Waals surface area contributed by atoms with E-state index < -0.39 is 0 Å². The molecule has 88 valence electrons. The van der Waals surface area contributed by atoms with Crippen LogP contribution in [0.25, 0.3) is 11.0 Å². The molecule has 1 aromatic carbocycles. The Balaban J connectivity index is 2.54. The van der Waals surface area contributed by atoms with E-state index >= 15 is 0 Å². The van der Waals surface area contributed by atoms with Gasteiger partial charge in [0.25, 0.3) is 0 Å². The molecular weight excluding hydrogens is 216 g/mol. The number of carbonyl (C=O) groups excluding carboxylic acids is 2. The minimum absolute atomic E-state index is 0.476. The summed E-state index contributed by atoms with van der Waals surface area (Å²) in [5.74, 6) is 0.901. The summed E-state index contributed by atoms with van der Waals surface area (Å²) in [5.41, 5.74) is 2.48. The van der Waals surface area contributed by atoms with Gasteiger partial charge >= 0.3 is 0 Å². The fourth-order valence-corrected chi connectivity index (χ4v) is 1.99. The first-order chi connectivity index (χ1) is 8.30. The minimum atomic E-state index is 0.476. The van der Waals surface area contributed by atoms with Gasteiger partial charge in [-0.3, -0.25) is 4.79 Å². The lowest BCUT2D eigenvalue weighted by molar-refractivity contribution is -0.107. The van der Waals surface area contributed by atoms with Gasteiger partial charge in [0.05, 0.1) is 11.0 Å². The first kappa shape index (κ1) is 11.5. The van der Waals surface area contributed by atoms with Crippen LogP contribution in [0.5, 0.6) is 0 Å². The number of rotatable bonds is 5. The fraction of sp³-hybridized carbons (Fsp3) is 0.308. The average Bonchev–Trinajstić information content (AvgIpc) is 2.72. The van der Waals surface area contributed by atoms with Crippen molar-refractivity contribution < 1.29 is 9.59 Å². The third-order valence-electron chi connectivity index (χ3n) is 2.79. The maximum absolute atomic E-state index is 10.8. The first-order valence-electron chi connectivity index (χ1n) is 5.68. The standard InChI is InChI=1S/C13H14N2O2/c1-2-15-12-8-10(9-17)5-6-11(12)14-13(15)4-3-7-16/h5-9H,2-4H2,1H3. The first-order valence-corrected chi connectivity index (χ1v) is 5.68. The molecule has 1 aromatic heterocycles. The average molecular weight is 230 g/mol. The lowest BCUT2D eigenvalue weighted by atomic mass is 10.2. The molecule has 0 aliphatic carbocycles. The van der Waals surface area contributed by atoms with E-state index in [4.69, 9.17) is 0 Å². The Morgan fingerprint density at radius 1 is 1.35 bits per heavy atom. The summed E-state index contributed by atoms with van der Waals surface area (Å²) in [6.45, 7) is 2.81. The van der Waals surface area contributed by atoms with Crippen LogP contribution in [0.2, 0.25) is 0 Å². The molecule has 4 heteroatoms. The van der Waals surface area contributed by atoms with Gasteiger partial charge in [-0.1, -0.05) is 0 Å². The van der Waals surface area contributed by atoms with Crippen LogP contribution < -0.4 is 0 Å². The Labute approximate surface area is 99.3 Å². The van der Waals surface area contributed by atoms with Crippen molar-refractivity contribution in [2.75, 3.05) is 0 Å². The van der Waals surface area contributed by atoms with Crippen LogP contribution >= 0.6 is 0 Å². The zero-order chi connectivity index (χ0) is 12.3. The van der Waals surface area contributed by atoms with Gasteiger partial charge in [0.2, 0.25) is 0 Å². The van der Waals surface area contributed by atoms with Crippen molar-refractivity contribution in [2.24, 2.45) is 0 Å². The SMILES string of the molecule is CCn1c(CCC=O)nc2ccc(C=O)cc21. The maximum Gasteiger partial charge on any atom is 0.150 e. The van der Waals surface area contributed by atoms with Crippen molar-refractivity contribution in [3.8, 4) is 0 Å². The van der Waals surface area contributed by atoms with Crippen LogP contribution in [-0.4, -0.2) is 22.1 Å². The number of imidazole rings is 1. The third kappa shape index (κ3) is 2.11. The Kier molecular flexibility index (Phi) is 3.32. The molecule has 0 spiro atoms. The van der Waals surface area contributed by atoms with Crippen LogP contribution in [-0.2, 0) is 17.8 Å². The molecule has 0 amide bonds.